The fraction of sp³-hybridized carbons (Fsp3) is 0.500. The Labute approximate surface area is 143 Å². The quantitative estimate of drug-likeness (QED) is 0.802. The largest absolute Gasteiger partial charge is 0.340 e. The maximum atomic E-state index is 12.9. The number of carbonyl (C=O) groups excluding carboxylic acids is 2. The van der Waals surface area contributed by atoms with Crippen molar-refractivity contribution in [1.29, 1.82) is 0 Å². The first-order valence-electron chi connectivity index (χ1n) is 8.99. The molecule has 4 rings (SSSR count). The highest BCUT2D eigenvalue weighted by atomic mass is 16.2. The number of hydrogen-bond acceptors (Lipinski definition) is 2. The molecule has 126 valence electrons. The highest BCUT2D eigenvalue weighted by molar-refractivity contribution is 5.82. The molecule has 4 nitrogen and oxygen atoms in total. The van der Waals surface area contributed by atoms with E-state index in [1.54, 1.807) is 0 Å². The van der Waals surface area contributed by atoms with E-state index in [1.165, 1.54) is 0 Å². The van der Waals surface area contributed by atoms with Crippen molar-refractivity contribution < 1.29 is 9.59 Å². The van der Waals surface area contributed by atoms with Gasteiger partial charge in [-0.05, 0) is 30.2 Å². The van der Waals surface area contributed by atoms with Crippen LogP contribution in [0, 0.1) is 17.8 Å². The van der Waals surface area contributed by atoms with E-state index in [9.17, 15) is 9.59 Å². The Morgan fingerprint density at radius 2 is 1.88 bits per heavy atom. The summed E-state index contributed by atoms with van der Waals surface area (Å²) in [6.07, 6.45) is 7.07. The van der Waals surface area contributed by atoms with Gasteiger partial charge in [-0.15, -0.1) is 0 Å². The minimum Gasteiger partial charge on any atom is -0.340 e. The fourth-order valence-electron chi connectivity index (χ4n) is 4.36. The molecule has 3 atom stereocenters. The third kappa shape index (κ3) is 2.97. The fourth-order valence-corrected chi connectivity index (χ4v) is 4.36. The molecule has 1 heterocycles. The molecule has 2 fully saturated rings. The van der Waals surface area contributed by atoms with Crippen LogP contribution in [-0.2, 0) is 16.1 Å². The van der Waals surface area contributed by atoms with Crippen LogP contribution in [0.1, 0.15) is 24.8 Å². The van der Waals surface area contributed by atoms with Crippen molar-refractivity contribution in [2.75, 3.05) is 19.6 Å². The summed E-state index contributed by atoms with van der Waals surface area (Å²) in [5.41, 5.74) is 1.14. The maximum Gasteiger partial charge on any atom is 0.226 e. The molecular formula is C20H24N2O2. The summed E-state index contributed by atoms with van der Waals surface area (Å²) >= 11 is 0. The molecule has 0 unspecified atom stereocenters. The summed E-state index contributed by atoms with van der Waals surface area (Å²) in [5, 5.41) is 0. The number of allylic oxidation sites excluding steroid dienone is 2. The molecule has 4 heteroatoms. The van der Waals surface area contributed by atoms with Crippen molar-refractivity contribution in [3.05, 3.63) is 48.0 Å². The summed E-state index contributed by atoms with van der Waals surface area (Å²) in [6.45, 7) is 2.50. The second-order valence-electron chi connectivity index (χ2n) is 7.26. The Balaban J connectivity index is 1.39. The zero-order chi connectivity index (χ0) is 16.5. The molecule has 2 amide bonds. The van der Waals surface area contributed by atoms with Crippen LogP contribution >= 0.6 is 0 Å². The van der Waals surface area contributed by atoms with Gasteiger partial charge in [0.05, 0.1) is 0 Å². The van der Waals surface area contributed by atoms with E-state index in [-0.39, 0.29) is 17.7 Å². The Morgan fingerprint density at radius 1 is 1.04 bits per heavy atom. The van der Waals surface area contributed by atoms with E-state index in [1.807, 2.05) is 40.1 Å². The van der Waals surface area contributed by atoms with Crippen LogP contribution < -0.4 is 0 Å². The molecule has 1 saturated carbocycles. The molecule has 24 heavy (non-hydrogen) atoms. The van der Waals surface area contributed by atoms with Gasteiger partial charge in [-0.3, -0.25) is 9.59 Å². The van der Waals surface area contributed by atoms with Gasteiger partial charge in [-0.25, -0.2) is 0 Å². The van der Waals surface area contributed by atoms with Crippen LogP contribution in [0.2, 0.25) is 0 Å². The SMILES string of the molecule is O=C1CCN(C(=O)[C@@H]2C[C@H]3C=C[C@@H]2C3)CCN1Cc1ccccc1. The minimum absolute atomic E-state index is 0.149. The lowest BCUT2D eigenvalue weighted by atomic mass is 9.92. The lowest BCUT2D eigenvalue weighted by molar-refractivity contribution is -0.136. The van der Waals surface area contributed by atoms with Crippen LogP contribution in [0.3, 0.4) is 0 Å². The van der Waals surface area contributed by atoms with Gasteiger partial charge >= 0.3 is 0 Å². The molecule has 2 bridgehead atoms. The van der Waals surface area contributed by atoms with Gasteiger partial charge in [-0.2, -0.15) is 0 Å². The summed E-state index contributed by atoms with van der Waals surface area (Å²) in [5.74, 6) is 1.60. The van der Waals surface area contributed by atoms with Crippen molar-refractivity contribution in [3.8, 4) is 0 Å². The Kier molecular flexibility index (Phi) is 4.13. The van der Waals surface area contributed by atoms with Crippen molar-refractivity contribution in [2.45, 2.75) is 25.8 Å². The summed E-state index contributed by atoms with van der Waals surface area (Å²) in [7, 11) is 0. The average molecular weight is 324 g/mol. The molecule has 3 aliphatic rings. The van der Waals surface area contributed by atoms with Crippen molar-refractivity contribution >= 4 is 11.8 Å². The molecule has 2 aliphatic carbocycles. The highest BCUT2D eigenvalue weighted by Crippen LogP contribution is 2.44. The lowest BCUT2D eigenvalue weighted by Gasteiger charge is -2.27. The number of amides is 2. The highest BCUT2D eigenvalue weighted by Gasteiger charge is 2.41. The van der Waals surface area contributed by atoms with E-state index in [0.717, 1.165) is 18.4 Å². The predicted molar refractivity (Wildman–Crippen MR) is 91.9 cm³/mol. The first-order valence-corrected chi connectivity index (χ1v) is 8.99. The molecule has 1 aromatic carbocycles. The van der Waals surface area contributed by atoms with E-state index in [4.69, 9.17) is 0 Å². The summed E-state index contributed by atoms with van der Waals surface area (Å²) in [4.78, 5) is 29.1. The van der Waals surface area contributed by atoms with Crippen LogP contribution in [-0.4, -0.2) is 41.2 Å². The molecule has 1 aliphatic heterocycles. The van der Waals surface area contributed by atoms with E-state index in [2.05, 4.69) is 12.2 Å². The van der Waals surface area contributed by atoms with Gasteiger partial charge < -0.3 is 9.80 Å². The van der Waals surface area contributed by atoms with E-state index in [0.29, 0.717) is 44.4 Å². The van der Waals surface area contributed by atoms with E-state index >= 15 is 0 Å². The standard InChI is InChI=1S/C20H24N2O2/c23-19-8-9-21(20(24)18-13-16-6-7-17(18)12-16)10-11-22(19)14-15-4-2-1-3-5-15/h1-7,16-18H,8-14H2/t16-,17+,18+/m0/s1. The van der Waals surface area contributed by atoms with Crippen molar-refractivity contribution in [2.24, 2.45) is 17.8 Å². The van der Waals surface area contributed by atoms with Crippen LogP contribution in [0.4, 0.5) is 0 Å². The van der Waals surface area contributed by atoms with Gasteiger partial charge in [0.15, 0.2) is 0 Å². The molecule has 1 saturated heterocycles. The number of rotatable bonds is 3. The van der Waals surface area contributed by atoms with Gasteiger partial charge in [0.2, 0.25) is 11.8 Å². The smallest absolute Gasteiger partial charge is 0.226 e. The number of nitrogens with zero attached hydrogens (tertiary/aromatic N) is 2. The molecule has 0 radical (unpaired) electrons. The third-order valence-corrected chi connectivity index (χ3v) is 5.71. The first-order chi connectivity index (χ1) is 11.7. The minimum atomic E-state index is 0.149. The number of hydrogen-bond donors (Lipinski definition) is 0. The topological polar surface area (TPSA) is 40.6 Å². The second kappa shape index (κ2) is 6.42. The second-order valence-corrected chi connectivity index (χ2v) is 7.26. The molecule has 0 aromatic heterocycles. The zero-order valence-corrected chi connectivity index (χ0v) is 13.9. The molecular weight excluding hydrogens is 300 g/mol. The number of benzene rings is 1. The molecule has 0 spiro atoms. The van der Waals surface area contributed by atoms with Gasteiger partial charge in [0.1, 0.15) is 0 Å². The van der Waals surface area contributed by atoms with Crippen molar-refractivity contribution in [3.63, 3.8) is 0 Å². The zero-order valence-electron chi connectivity index (χ0n) is 13.9. The van der Waals surface area contributed by atoms with Gasteiger partial charge in [0, 0.05) is 38.5 Å². The Hall–Kier alpha value is -2.10. The van der Waals surface area contributed by atoms with Crippen LogP contribution in [0.25, 0.3) is 0 Å². The Morgan fingerprint density at radius 3 is 2.58 bits per heavy atom. The number of fused-ring (bicyclic) bond motifs is 2. The summed E-state index contributed by atoms with van der Waals surface area (Å²) in [6, 6.07) is 10.1. The van der Waals surface area contributed by atoms with Crippen LogP contribution in [0.15, 0.2) is 42.5 Å². The molecule has 0 N–H and O–H groups in total. The monoisotopic (exact) mass is 324 g/mol. The van der Waals surface area contributed by atoms with Gasteiger partial charge in [0.25, 0.3) is 0 Å². The maximum absolute atomic E-state index is 12.9. The van der Waals surface area contributed by atoms with Crippen molar-refractivity contribution in [1.82, 2.24) is 9.80 Å². The van der Waals surface area contributed by atoms with E-state index < -0.39 is 0 Å². The summed E-state index contributed by atoms with van der Waals surface area (Å²) < 4.78 is 0. The van der Waals surface area contributed by atoms with Crippen LogP contribution in [0.5, 0.6) is 0 Å². The molecule has 1 aromatic rings. The third-order valence-electron chi connectivity index (χ3n) is 5.71. The predicted octanol–water partition coefficient (Wildman–Crippen LogP) is 2.46. The first kappa shape index (κ1) is 15.4. The average Bonchev–Trinajstić information content (AvgIpc) is 3.19. The number of carbonyl (C=O) groups is 2. The Bertz CT molecular complexity index is 655. The van der Waals surface area contributed by atoms with Gasteiger partial charge in [-0.1, -0.05) is 42.5 Å². The lowest BCUT2D eigenvalue weighted by Crippen LogP contribution is -2.40. The normalized spacial score (nSPS) is 29.2.